The van der Waals surface area contributed by atoms with Gasteiger partial charge in [-0.05, 0) is 64.5 Å². The van der Waals surface area contributed by atoms with Crippen LogP contribution in [0.2, 0.25) is 0 Å². The summed E-state index contributed by atoms with van der Waals surface area (Å²) in [4.78, 5) is 12.3. The topological polar surface area (TPSA) is 53.2 Å². The van der Waals surface area contributed by atoms with Gasteiger partial charge in [-0.2, -0.15) is 0 Å². The molecule has 1 atom stereocenters. The molecular formula is C16H12BrCl3FN3OS. The maximum atomic E-state index is 13.0. The maximum absolute atomic E-state index is 13.0. The molecule has 2 aromatic rings. The standard InChI is InChI=1S/C16H12BrCl3FN3OS/c17-11-3-1-2-4-12(11)22-15(26)24-14(16(18,19)20)23-13(25)9-5-7-10(21)8-6-9/h1-8,14H,(H,23,25)(H2,22,24,26)/t14-/m0/s1. The number of amides is 1. The predicted molar refractivity (Wildman–Crippen MR) is 111 cm³/mol. The molecule has 0 bridgehead atoms. The summed E-state index contributed by atoms with van der Waals surface area (Å²) in [6, 6.07) is 12.2. The van der Waals surface area contributed by atoms with Crippen molar-refractivity contribution in [3.63, 3.8) is 0 Å². The van der Waals surface area contributed by atoms with E-state index in [9.17, 15) is 9.18 Å². The van der Waals surface area contributed by atoms with Crippen molar-refractivity contribution in [1.29, 1.82) is 0 Å². The lowest BCUT2D eigenvalue weighted by Gasteiger charge is -2.28. The van der Waals surface area contributed by atoms with Crippen molar-refractivity contribution in [1.82, 2.24) is 10.6 Å². The highest BCUT2D eigenvalue weighted by molar-refractivity contribution is 9.10. The van der Waals surface area contributed by atoms with E-state index in [4.69, 9.17) is 47.0 Å². The molecule has 1 amide bonds. The fraction of sp³-hybridized carbons (Fsp3) is 0.125. The minimum atomic E-state index is -1.89. The maximum Gasteiger partial charge on any atom is 0.252 e. The molecule has 26 heavy (non-hydrogen) atoms. The Kier molecular flexibility index (Phi) is 7.49. The van der Waals surface area contributed by atoms with Crippen LogP contribution in [-0.2, 0) is 0 Å². The molecule has 0 spiro atoms. The third-order valence-electron chi connectivity index (χ3n) is 3.11. The van der Waals surface area contributed by atoms with E-state index in [1.54, 1.807) is 6.07 Å². The highest BCUT2D eigenvalue weighted by Crippen LogP contribution is 2.29. The van der Waals surface area contributed by atoms with Crippen molar-refractivity contribution in [2.24, 2.45) is 0 Å². The first-order chi connectivity index (χ1) is 12.2. The summed E-state index contributed by atoms with van der Waals surface area (Å²) in [5.41, 5.74) is 0.898. The third kappa shape index (κ3) is 6.25. The van der Waals surface area contributed by atoms with Gasteiger partial charge in [0, 0.05) is 10.0 Å². The van der Waals surface area contributed by atoms with E-state index in [1.807, 2.05) is 18.2 Å². The molecular weight excluding hydrogens is 488 g/mol. The summed E-state index contributed by atoms with van der Waals surface area (Å²) >= 11 is 26.4. The minimum Gasteiger partial charge on any atom is -0.339 e. The van der Waals surface area contributed by atoms with Crippen molar-refractivity contribution >= 4 is 79.7 Å². The first-order valence-corrected chi connectivity index (χ1v) is 9.45. The Balaban J connectivity index is 2.07. The Morgan fingerprint density at radius 1 is 1.08 bits per heavy atom. The summed E-state index contributed by atoms with van der Waals surface area (Å²) < 4.78 is 11.9. The smallest absolute Gasteiger partial charge is 0.252 e. The molecule has 2 aromatic carbocycles. The fourth-order valence-corrected chi connectivity index (χ4v) is 2.81. The van der Waals surface area contributed by atoms with E-state index in [1.165, 1.54) is 12.1 Å². The number of carbonyl (C=O) groups is 1. The SMILES string of the molecule is O=C(N[C@@H](NC(=S)Nc1ccccc1Br)C(Cl)(Cl)Cl)c1ccc(F)cc1. The zero-order chi connectivity index (χ0) is 19.3. The van der Waals surface area contributed by atoms with E-state index in [2.05, 4.69) is 31.9 Å². The molecule has 0 saturated heterocycles. The van der Waals surface area contributed by atoms with Crippen molar-refractivity contribution in [2.45, 2.75) is 9.96 Å². The second-order valence-corrected chi connectivity index (χ2v) is 8.66. The van der Waals surface area contributed by atoms with Gasteiger partial charge in [0.1, 0.15) is 12.0 Å². The zero-order valence-corrected chi connectivity index (χ0v) is 17.6. The molecule has 0 aromatic heterocycles. The average molecular weight is 500 g/mol. The number of carbonyl (C=O) groups excluding carboxylic acids is 1. The largest absolute Gasteiger partial charge is 0.339 e. The number of alkyl halides is 3. The lowest BCUT2D eigenvalue weighted by Crippen LogP contribution is -2.56. The molecule has 0 radical (unpaired) electrons. The molecule has 0 unspecified atom stereocenters. The van der Waals surface area contributed by atoms with Gasteiger partial charge in [-0.3, -0.25) is 4.79 Å². The number of hydrogen-bond acceptors (Lipinski definition) is 2. The Morgan fingerprint density at radius 2 is 1.69 bits per heavy atom. The van der Waals surface area contributed by atoms with Gasteiger partial charge in [0.05, 0.1) is 5.69 Å². The molecule has 0 aliphatic rings. The lowest BCUT2D eigenvalue weighted by atomic mass is 10.2. The summed E-state index contributed by atoms with van der Waals surface area (Å²) in [5.74, 6) is -1.02. The Bertz CT molecular complexity index is 802. The molecule has 0 aliphatic carbocycles. The number of rotatable bonds is 4. The minimum absolute atomic E-state index is 0.132. The molecule has 0 saturated carbocycles. The van der Waals surface area contributed by atoms with E-state index in [0.717, 1.165) is 16.6 Å². The fourth-order valence-electron chi connectivity index (χ4n) is 1.87. The highest BCUT2D eigenvalue weighted by atomic mass is 79.9. The van der Waals surface area contributed by atoms with E-state index in [-0.39, 0.29) is 10.7 Å². The van der Waals surface area contributed by atoms with Gasteiger partial charge in [0.15, 0.2) is 5.11 Å². The van der Waals surface area contributed by atoms with Gasteiger partial charge in [0.25, 0.3) is 5.91 Å². The summed E-state index contributed by atoms with van der Waals surface area (Å²) in [6.45, 7) is 0. The predicted octanol–water partition coefficient (Wildman–Crippen LogP) is 5.00. The van der Waals surface area contributed by atoms with Crippen LogP contribution in [0.25, 0.3) is 0 Å². The first kappa shape index (κ1) is 21.2. The Morgan fingerprint density at radius 3 is 2.27 bits per heavy atom. The number of halogens is 5. The Labute approximate surface area is 178 Å². The van der Waals surface area contributed by atoms with Gasteiger partial charge in [-0.1, -0.05) is 46.9 Å². The summed E-state index contributed by atoms with van der Waals surface area (Å²) in [5, 5.41) is 8.32. The van der Waals surface area contributed by atoms with Gasteiger partial charge >= 0.3 is 0 Å². The van der Waals surface area contributed by atoms with Gasteiger partial charge in [-0.15, -0.1) is 0 Å². The van der Waals surface area contributed by atoms with Gasteiger partial charge in [-0.25, -0.2) is 4.39 Å². The molecule has 2 rings (SSSR count). The number of benzene rings is 2. The van der Waals surface area contributed by atoms with Crippen molar-refractivity contribution < 1.29 is 9.18 Å². The molecule has 10 heteroatoms. The van der Waals surface area contributed by atoms with Crippen LogP contribution in [0.4, 0.5) is 10.1 Å². The van der Waals surface area contributed by atoms with Crippen LogP contribution in [0, 0.1) is 5.82 Å². The van der Waals surface area contributed by atoms with Gasteiger partial charge < -0.3 is 16.0 Å². The number of hydrogen-bond donors (Lipinski definition) is 3. The van der Waals surface area contributed by atoms with E-state index in [0.29, 0.717) is 5.69 Å². The number of anilines is 1. The van der Waals surface area contributed by atoms with Crippen molar-refractivity contribution in [3.05, 3.63) is 64.4 Å². The van der Waals surface area contributed by atoms with Crippen LogP contribution in [0.15, 0.2) is 53.0 Å². The van der Waals surface area contributed by atoms with Crippen LogP contribution in [0.3, 0.4) is 0 Å². The highest BCUT2D eigenvalue weighted by Gasteiger charge is 2.35. The molecule has 0 fully saturated rings. The molecule has 4 nitrogen and oxygen atoms in total. The Hall–Kier alpha value is -1.12. The lowest BCUT2D eigenvalue weighted by molar-refractivity contribution is 0.0934. The quantitative estimate of drug-likeness (QED) is 0.315. The van der Waals surface area contributed by atoms with Crippen molar-refractivity contribution in [3.8, 4) is 0 Å². The van der Waals surface area contributed by atoms with Crippen LogP contribution in [-0.4, -0.2) is 21.0 Å². The van der Waals surface area contributed by atoms with Crippen molar-refractivity contribution in [2.75, 3.05) is 5.32 Å². The molecule has 138 valence electrons. The summed E-state index contributed by atoms with van der Waals surface area (Å²) in [7, 11) is 0. The number of thiocarbonyl (C=S) groups is 1. The summed E-state index contributed by atoms with van der Waals surface area (Å²) in [6.07, 6.45) is -1.13. The van der Waals surface area contributed by atoms with E-state index >= 15 is 0 Å². The number of nitrogens with one attached hydrogen (secondary N) is 3. The molecule has 3 N–H and O–H groups in total. The molecule has 0 heterocycles. The van der Waals surface area contributed by atoms with Crippen LogP contribution < -0.4 is 16.0 Å². The monoisotopic (exact) mass is 497 g/mol. The van der Waals surface area contributed by atoms with Crippen LogP contribution >= 0.6 is 63.0 Å². The first-order valence-electron chi connectivity index (χ1n) is 7.12. The number of para-hydroxylation sites is 1. The van der Waals surface area contributed by atoms with Crippen LogP contribution in [0.1, 0.15) is 10.4 Å². The van der Waals surface area contributed by atoms with Gasteiger partial charge in [0.2, 0.25) is 3.79 Å². The van der Waals surface area contributed by atoms with E-state index < -0.39 is 21.7 Å². The normalized spacial score (nSPS) is 12.2. The average Bonchev–Trinajstić information content (AvgIpc) is 2.56. The zero-order valence-electron chi connectivity index (χ0n) is 12.9. The second kappa shape index (κ2) is 9.19. The third-order valence-corrected chi connectivity index (χ3v) is 4.67. The van der Waals surface area contributed by atoms with Crippen LogP contribution in [0.5, 0.6) is 0 Å². The molecule has 0 aliphatic heterocycles. The second-order valence-electron chi connectivity index (χ2n) is 5.03.